The van der Waals surface area contributed by atoms with Crippen LogP contribution >= 0.6 is 12.4 Å². The van der Waals surface area contributed by atoms with E-state index in [9.17, 15) is 4.79 Å². The van der Waals surface area contributed by atoms with E-state index in [1.54, 1.807) is 6.20 Å². The van der Waals surface area contributed by atoms with Crippen molar-refractivity contribution < 1.29 is 9.53 Å². The van der Waals surface area contributed by atoms with Crippen LogP contribution in [0.5, 0.6) is 0 Å². The summed E-state index contributed by atoms with van der Waals surface area (Å²) in [6.45, 7) is 3.70. The summed E-state index contributed by atoms with van der Waals surface area (Å²) >= 11 is 0. The van der Waals surface area contributed by atoms with Gasteiger partial charge < -0.3 is 15.0 Å². The molecule has 0 aliphatic carbocycles. The van der Waals surface area contributed by atoms with Gasteiger partial charge in [-0.15, -0.1) is 12.4 Å². The van der Waals surface area contributed by atoms with Crippen LogP contribution < -0.4 is 5.32 Å². The predicted octanol–water partition coefficient (Wildman–Crippen LogP) is 3.02. The van der Waals surface area contributed by atoms with Crippen molar-refractivity contribution in [2.75, 3.05) is 32.8 Å². The third kappa shape index (κ3) is 6.61. The number of aromatic nitrogens is 1. The predicted molar refractivity (Wildman–Crippen MR) is 109 cm³/mol. The van der Waals surface area contributed by atoms with Crippen LogP contribution in [-0.2, 0) is 16.0 Å². The van der Waals surface area contributed by atoms with Gasteiger partial charge in [-0.1, -0.05) is 36.4 Å². The fraction of sp³-hybridized carbons (Fsp3) is 0.429. The van der Waals surface area contributed by atoms with Gasteiger partial charge in [0.15, 0.2) is 0 Å². The zero-order chi connectivity index (χ0) is 18.0. The quantitative estimate of drug-likeness (QED) is 0.705. The molecule has 1 unspecified atom stereocenters. The number of rotatable bonds is 8. The number of piperazine rings is 1. The molecule has 1 fully saturated rings. The minimum Gasteiger partial charge on any atom is -0.381 e. The van der Waals surface area contributed by atoms with Crippen molar-refractivity contribution in [3.8, 4) is 0 Å². The number of carbonyl (C=O) groups is 1. The SMILES string of the molecule is Cl.O=C(CCCOCCc1ccccc1)N1CCNCC1c1cccnc1. The lowest BCUT2D eigenvalue weighted by molar-refractivity contribution is -0.134. The van der Waals surface area contributed by atoms with Crippen molar-refractivity contribution in [1.82, 2.24) is 15.2 Å². The van der Waals surface area contributed by atoms with E-state index in [4.69, 9.17) is 4.74 Å². The summed E-state index contributed by atoms with van der Waals surface area (Å²) in [5.41, 5.74) is 2.37. The third-order valence-electron chi connectivity index (χ3n) is 4.69. The molecule has 1 saturated heterocycles. The Balaban J connectivity index is 0.00000261. The number of hydrogen-bond acceptors (Lipinski definition) is 4. The number of hydrogen-bond donors (Lipinski definition) is 1. The lowest BCUT2D eigenvalue weighted by atomic mass is 10.0. The zero-order valence-corrected chi connectivity index (χ0v) is 16.4. The lowest BCUT2D eigenvalue weighted by Crippen LogP contribution is -2.48. The zero-order valence-electron chi connectivity index (χ0n) is 15.5. The van der Waals surface area contributed by atoms with Crippen molar-refractivity contribution in [2.24, 2.45) is 0 Å². The second-order valence-corrected chi connectivity index (χ2v) is 6.54. The first-order valence-corrected chi connectivity index (χ1v) is 9.36. The Bertz CT molecular complexity index is 670. The Labute approximate surface area is 167 Å². The smallest absolute Gasteiger partial charge is 0.223 e. The van der Waals surface area contributed by atoms with Gasteiger partial charge in [-0.05, 0) is 30.0 Å². The maximum atomic E-state index is 12.7. The molecule has 1 aliphatic rings. The third-order valence-corrected chi connectivity index (χ3v) is 4.69. The molecule has 1 aromatic carbocycles. The average Bonchev–Trinajstić information content (AvgIpc) is 2.72. The Hall–Kier alpha value is -1.95. The highest BCUT2D eigenvalue weighted by Gasteiger charge is 2.27. The molecule has 27 heavy (non-hydrogen) atoms. The van der Waals surface area contributed by atoms with Crippen molar-refractivity contribution in [2.45, 2.75) is 25.3 Å². The summed E-state index contributed by atoms with van der Waals surface area (Å²) in [4.78, 5) is 18.8. The van der Waals surface area contributed by atoms with E-state index in [0.29, 0.717) is 19.6 Å². The largest absolute Gasteiger partial charge is 0.381 e. The Morgan fingerprint density at radius 3 is 2.81 bits per heavy atom. The highest BCUT2D eigenvalue weighted by molar-refractivity contribution is 5.85. The van der Waals surface area contributed by atoms with Gasteiger partial charge in [0.05, 0.1) is 12.6 Å². The van der Waals surface area contributed by atoms with Crippen LogP contribution in [0.3, 0.4) is 0 Å². The highest BCUT2D eigenvalue weighted by atomic mass is 35.5. The molecule has 0 saturated carbocycles. The molecule has 1 aromatic heterocycles. The lowest BCUT2D eigenvalue weighted by Gasteiger charge is -2.36. The maximum absolute atomic E-state index is 12.7. The first-order chi connectivity index (χ1) is 12.8. The van der Waals surface area contributed by atoms with Crippen LogP contribution in [0.4, 0.5) is 0 Å². The summed E-state index contributed by atoms with van der Waals surface area (Å²) in [5.74, 6) is 0.201. The number of nitrogens with one attached hydrogen (secondary N) is 1. The second-order valence-electron chi connectivity index (χ2n) is 6.54. The molecule has 146 valence electrons. The highest BCUT2D eigenvalue weighted by Crippen LogP contribution is 2.22. The van der Waals surface area contributed by atoms with E-state index >= 15 is 0 Å². The van der Waals surface area contributed by atoms with E-state index in [2.05, 4.69) is 22.4 Å². The van der Waals surface area contributed by atoms with Crippen molar-refractivity contribution in [1.29, 1.82) is 0 Å². The minimum absolute atomic E-state index is 0. The molecular formula is C21H28ClN3O2. The standard InChI is InChI=1S/C21H27N3O2.ClH/c25-21(9-5-14-26-15-10-18-6-2-1-3-7-18)24-13-12-23-17-20(24)19-8-4-11-22-16-19;/h1-4,6-8,11,16,20,23H,5,9-10,12-15,17H2;1H. The number of pyridine rings is 1. The monoisotopic (exact) mass is 389 g/mol. The number of nitrogens with zero attached hydrogens (tertiary/aromatic N) is 2. The van der Waals surface area contributed by atoms with Crippen LogP contribution in [0.2, 0.25) is 0 Å². The van der Waals surface area contributed by atoms with Crippen molar-refractivity contribution >= 4 is 18.3 Å². The molecule has 1 amide bonds. The number of benzene rings is 1. The van der Waals surface area contributed by atoms with Gasteiger partial charge in [0, 0.05) is 45.1 Å². The summed E-state index contributed by atoms with van der Waals surface area (Å²) in [6, 6.07) is 14.4. The fourth-order valence-corrected chi connectivity index (χ4v) is 3.28. The Morgan fingerprint density at radius 2 is 2.04 bits per heavy atom. The molecule has 5 nitrogen and oxygen atoms in total. The molecule has 2 heterocycles. The van der Waals surface area contributed by atoms with Crippen LogP contribution in [0.25, 0.3) is 0 Å². The van der Waals surface area contributed by atoms with Gasteiger partial charge in [-0.3, -0.25) is 9.78 Å². The van der Waals surface area contributed by atoms with Gasteiger partial charge in [0.2, 0.25) is 5.91 Å². The molecule has 1 N–H and O–H groups in total. The second kappa shape index (κ2) is 11.7. The Kier molecular flexibility index (Phi) is 9.25. The topological polar surface area (TPSA) is 54.5 Å². The van der Waals surface area contributed by atoms with Crippen LogP contribution in [0.1, 0.15) is 30.0 Å². The van der Waals surface area contributed by atoms with E-state index in [1.807, 2.05) is 41.4 Å². The summed E-state index contributed by atoms with van der Waals surface area (Å²) in [6.07, 6.45) is 5.82. The van der Waals surface area contributed by atoms with Crippen LogP contribution in [0.15, 0.2) is 54.9 Å². The minimum atomic E-state index is 0. The molecule has 6 heteroatoms. The number of amides is 1. The van der Waals surface area contributed by atoms with E-state index < -0.39 is 0 Å². The average molecular weight is 390 g/mol. The summed E-state index contributed by atoms with van der Waals surface area (Å²) in [7, 11) is 0. The van der Waals surface area contributed by atoms with Crippen LogP contribution in [-0.4, -0.2) is 48.6 Å². The first-order valence-electron chi connectivity index (χ1n) is 9.36. The van der Waals surface area contributed by atoms with Crippen molar-refractivity contribution in [3.63, 3.8) is 0 Å². The fourth-order valence-electron chi connectivity index (χ4n) is 3.28. The maximum Gasteiger partial charge on any atom is 0.223 e. The van der Waals surface area contributed by atoms with Gasteiger partial charge in [0.25, 0.3) is 0 Å². The van der Waals surface area contributed by atoms with E-state index in [-0.39, 0.29) is 24.4 Å². The molecule has 0 spiro atoms. The molecule has 0 bridgehead atoms. The summed E-state index contributed by atoms with van der Waals surface area (Å²) in [5, 5.41) is 3.37. The van der Waals surface area contributed by atoms with Gasteiger partial charge >= 0.3 is 0 Å². The number of ether oxygens (including phenoxy) is 1. The van der Waals surface area contributed by atoms with Gasteiger partial charge in [-0.25, -0.2) is 0 Å². The van der Waals surface area contributed by atoms with Crippen LogP contribution in [0, 0.1) is 0 Å². The van der Waals surface area contributed by atoms with Gasteiger partial charge in [0.1, 0.15) is 0 Å². The Morgan fingerprint density at radius 1 is 1.19 bits per heavy atom. The molecule has 1 atom stereocenters. The van der Waals surface area contributed by atoms with Crippen molar-refractivity contribution in [3.05, 3.63) is 66.0 Å². The molecule has 3 rings (SSSR count). The van der Waals surface area contributed by atoms with E-state index in [0.717, 1.165) is 38.0 Å². The van der Waals surface area contributed by atoms with Gasteiger partial charge in [-0.2, -0.15) is 0 Å². The summed E-state index contributed by atoms with van der Waals surface area (Å²) < 4.78 is 5.69. The normalized spacial score (nSPS) is 16.6. The molecule has 0 radical (unpaired) electrons. The molecular weight excluding hydrogens is 362 g/mol. The number of carbonyl (C=O) groups excluding carboxylic acids is 1. The molecule has 1 aliphatic heterocycles. The van der Waals surface area contributed by atoms with E-state index in [1.165, 1.54) is 5.56 Å². The number of halogens is 1. The first kappa shape index (κ1) is 21.4. The molecule has 2 aromatic rings.